The molecule has 1 nitrogen and oxygen atoms in total. The second-order valence-electron chi connectivity index (χ2n) is 12.0. The van der Waals surface area contributed by atoms with Crippen LogP contribution in [0.5, 0.6) is 0 Å². The fourth-order valence-corrected chi connectivity index (χ4v) is 13.4. The molecular formula is C32H58NP. The van der Waals surface area contributed by atoms with Crippen molar-refractivity contribution >= 4 is 12.9 Å². The van der Waals surface area contributed by atoms with Gasteiger partial charge < -0.3 is 0 Å². The van der Waals surface area contributed by atoms with Crippen LogP contribution in [0.15, 0.2) is 30.3 Å². The predicted molar refractivity (Wildman–Crippen MR) is 159 cm³/mol. The summed E-state index contributed by atoms with van der Waals surface area (Å²) in [6.45, 7) is 7.48. The first-order valence-electron chi connectivity index (χ1n) is 15.5. The zero-order valence-corrected chi connectivity index (χ0v) is 24.0. The van der Waals surface area contributed by atoms with Crippen molar-refractivity contribution < 1.29 is 0 Å². The molecular weight excluding hydrogens is 429 g/mol. The summed E-state index contributed by atoms with van der Waals surface area (Å²) in [6.07, 6.45) is 30.4. The molecule has 0 spiro atoms. The van der Waals surface area contributed by atoms with E-state index in [4.69, 9.17) is 0 Å². The van der Waals surface area contributed by atoms with Gasteiger partial charge in [-0.2, -0.15) is 0 Å². The van der Waals surface area contributed by atoms with Crippen molar-refractivity contribution in [2.24, 2.45) is 0 Å². The van der Waals surface area contributed by atoms with Crippen molar-refractivity contribution in [3.63, 3.8) is 0 Å². The van der Waals surface area contributed by atoms with Crippen LogP contribution in [0.3, 0.4) is 0 Å². The smallest absolute Gasteiger partial charge is 0.0366 e. The fraction of sp³-hybridized carbons (Fsp3) is 0.812. The molecule has 0 saturated heterocycles. The Morgan fingerprint density at radius 1 is 0.647 bits per heavy atom. The Labute approximate surface area is 214 Å². The van der Waals surface area contributed by atoms with E-state index in [1.165, 1.54) is 87.8 Å². The van der Waals surface area contributed by atoms with E-state index < -0.39 is 7.26 Å². The molecule has 0 radical (unpaired) electrons. The maximum absolute atomic E-state index is 2.87. The van der Waals surface area contributed by atoms with Crippen LogP contribution in [-0.2, 0) is 0 Å². The summed E-state index contributed by atoms with van der Waals surface area (Å²) in [6, 6.07) is 10.9. The number of hydrogen-bond donors (Lipinski definition) is 0. The predicted octanol–water partition coefficient (Wildman–Crippen LogP) is 10.1. The summed E-state index contributed by atoms with van der Waals surface area (Å²) in [5, 5.41) is 0. The van der Waals surface area contributed by atoms with E-state index in [-0.39, 0.29) is 0 Å². The summed E-state index contributed by atoms with van der Waals surface area (Å²) < 4.78 is 0. The van der Waals surface area contributed by atoms with Crippen molar-refractivity contribution in [3.8, 4) is 0 Å². The minimum absolute atomic E-state index is 1.08. The average Bonchev–Trinajstić information content (AvgIpc) is 2.91. The first-order valence-corrected chi connectivity index (χ1v) is 18.4. The minimum Gasteiger partial charge on any atom is -0.0621 e. The first kappa shape index (κ1) is 28.0. The van der Waals surface area contributed by atoms with Gasteiger partial charge >= 0.3 is 165 Å². The Balaban J connectivity index is 1.23. The van der Waals surface area contributed by atoms with E-state index in [1.54, 1.807) is 63.9 Å². The Morgan fingerprint density at radius 2 is 1.12 bits per heavy atom. The number of rotatable bonds is 16. The Kier molecular flexibility index (Phi) is 13.4. The van der Waals surface area contributed by atoms with Gasteiger partial charge in [0.2, 0.25) is 0 Å². The summed E-state index contributed by atoms with van der Waals surface area (Å²) in [4.78, 5) is 2.53. The largest absolute Gasteiger partial charge is 0.0621 e. The molecule has 1 aromatic carbocycles. The van der Waals surface area contributed by atoms with Gasteiger partial charge in [-0.15, -0.1) is 0 Å². The fourth-order valence-electron chi connectivity index (χ4n) is 7.42. The Hall–Kier alpha value is -0.550. The van der Waals surface area contributed by atoms with Gasteiger partial charge in [0, 0.05) is 12.2 Å². The van der Waals surface area contributed by atoms with Crippen molar-refractivity contribution in [3.05, 3.63) is 30.3 Å². The number of benzene rings is 1. The number of nitrogens with zero attached hydrogens (tertiary/aromatic N) is 1. The zero-order chi connectivity index (χ0) is 23.9. The van der Waals surface area contributed by atoms with E-state index >= 15 is 0 Å². The molecule has 0 bridgehead atoms. The summed E-state index contributed by atoms with van der Waals surface area (Å²) in [5.74, 6) is 0. The van der Waals surface area contributed by atoms with Gasteiger partial charge in [0.05, 0.1) is 0 Å². The summed E-state index contributed by atoms with van der Waals surface area (Å²) in [7, 11) is -1.08. The molecule has 0 heterocycles. The van der Waals surface area contributed by atoms with Gasteiger partial charge in [0.25, 0.3) is 0 Å². The average molecular weight is 488 g/mol. The van der Waals surface area contributed by atoms with Crippen LogP contribution in [-0.4, -0.2) is 37.2 Å². The van der Waals surface area contributed by atoms with E-state index in [2.05, 4.69) is 48.8 Å². The van der Waals surface area contributed by atoms with Gasteiger partial charge in [-0.1, -0.05) is 18.2 Å². The van der Waals surface area contributed by atoms with Crippen LogP contribution in [0.4, 0.5) is 5.69 Å². The van der Waals surface area contributed by atoms with Gasteiger partial charge in [0.1, 0.15) is 0 Å². The molecule has 0 N–H and O–H groups in total. The van der Waals surface area contributed by atoms with Crippen LogP contribution in [0, 0.1) is 0 Å². The third-order valence-corrected chi connectivity index (χ3v) is 16.0. The van der Waals surface area contributed by atoms with Crippen LogP contribution < -0.4 is 4.90 Å². The van der Waals surface area contributed by atoms with Gasteiger partial charge in [-0.3, -0.25) is 0 Å². The molecule has 0 aliphatic heterocycles. The first-order chi connectivity index (χ1) is 16.7. The molecule has 0 atom stereocenters. The molecule has 2 fully saturated rings. The van der Waals surface area contributed by atoms with Crippen molar-refractivity contribution in [2.75, 3.05) is 30.8 Å². The molecule has 34 heavy (non-hydrogen) atoms. The molecule has 0 amide bonds. The van der Waals surface area contributed by atoms with E-state index in [1.807, 2.05) is 0 Å². The van der Waals surface area contributed by atoms with Gasteiger partial charge in [0.15, 0.2) is 0 Å². The van der Waals surface area contributed by atoms with Gasteiger partial charge in [-0.25, -0.2) is 0 Å². The SMILES string of the molecule is CCN(CCCCCCCCCCC[PH](C)(C1CCCCC1)C1CCCCC1)c1ccccc1. The van der Waals surface area contributed by atoms with Crippen LogP contribution in [0.25, 0.3) is 0 Å². The Bertz CT molecular complexity index is 599. The van der Waals surface area contributed by atoms with Crippen molar-refractivity contribution in [1.82, 2.24) is 0 Å². The standard InChI is InChI=1S/C32H58NP/c1-3-33(30-22-14-11-15-23-30)28-20-9-7-5-4-6-8-10-21-29-34(2,31-24-16-12-17-25-31)32-26-18-13-19-27-32/h11,14-15,22-23,31-32,34H,3-10,12-13,16-21,24-29H2,1-2H3. The summed E-state index contributed by atoms with van der Waals surface area (Å²) >= 11 is 0. The number of hydrogen-bond acceptors (Lipinski definition) is 1. The topological polar surface area (TPSA) is 3.24 Å². The second kappa shape index (κ2) is 16.2. The molecule has 2 aliphatic carbocycles. The Morgan fingerprint density at radius 3 is 1.62 bits per heavy atom. The second-order valence-corrected chi connectivity index (χ2v) is 17.2. The molecule has 0 unspecified atom stereocenters. The number of para-hydroxylation sites is 1. The van der Waals surface area contributed by atoms with E-state index in [9.17, 15) is 0 Å². The van der Waals surface area contributed by atoms with Crippen LogP contribution in [0.1, 0.15) is 129 Å². The van der Waals surface area contributed by atoms with E-state index in [0.717, 1.165) is 6.54 Å². The molecule has 0 aromatic heterocycles. The van der Waals surface area contributed by atoms with Crippen molar-refractivity contribution in [1.29, 1.82) is 0 Å². The minimum atomic E-state index is -1.08. The molecule has 2 heteroatoms. The number of anilines is 1. The zero-order valence-electron chi connectivity index (χ0n) is 23.0. The molecule has 196 valence electrons. The molecule has 3 rings (SSSR count). The van der Waals surface area contributed by atoms with Crippen molar-refractivity contribution in [2.45, 2.75) is 140 Å². The normalized spacial score (nSPS) is 18.8. The van der Waals surface area contributed by atoms with E-state index in [0.29, 0.717) is 0 Å². The van der Waals surface area contributed by atoms with Gasteiger partial charge in [-0.05, 0) is 19.1 Å². The maximum Gasteiger partial charge on any atom is 0.0366 e. The summed E-state index contributed by atoms with van der Waals surface area (Å²) in [5.41, 5.74) is 3.74. The number of unbranched alkanes of at least 4 members (excludes halogenated alkanes) is 8. The monoisotopic (exact) mass is 487 g/mol. The molecule has 2 aliphatic rings. The maximum atomic E-state index is 2.87. The third-order valence-electron chi connectivity index (χ3n) is 9.72. The molecule has 1 aromatic rings. The molecule has 2 saturated carbocycles. The third kappa shape index (κ3) is 9.15. The van der Waals surface area contributed by atoms with Crippen LogP contribution in [0.2, 0.25) is 0 Å². The van der Waals surface area contributed by atoms with Crippen LogP contribution >= 0.6 is 7.26 Å². The quantitative estimate of drug-likeness (QED) is 0.166.